The molecule has 0 bridgehead atoms. The molecule has 0 N–H and O–H groups in total. The number of para-hydroxylation sites is 1. The standard InChI is InChI=1S/C12H13BrN2O2/c1-2-7-14-8-11(16)15(12(14)17)10-6-4-3-5-9(10)13/h3-6H,2,7-8H2,1H3. The SMILES string of the molecule is CCCN1CC(=O)N(c2ccccc2Br)C1=O. The summed E-state index contributed by atoms with van der Waals surface area (Å²) in [6.07, 6.45) is 0.850. The minimum absolute atomic E-state index is 0.171. The minimum Gasteiger partial charge on any atom is -0.315 e. The second-order valence-electron chi connectivity index (χ2n) is 3.88. The Hall–Kier alpha value is -1.36. The largest absolute Gasteiger partial charge is 0.331 e. The van der Waals surface area contributed by atoms with Crippen molar-refractivity contribution in [2.24, 2.45) is 0 Å². The Kier molecular flexibility index (Phi) is 3.47. The van der Waals surface area contributed by atoms with E-state index < -0.39 is 0 Å². The summed E-state index contributed by atoms with van der Waals surface area (Å²) in [5, 5.41) is 0. The molecular weight excluding hydrogens is 284 g/mol. The lowest BCUT2D eigenvalue weighted by Gasteiger charge is -2.17. The maximum atomic E-state index is 12.1. The molecule has 17 heavy (non-hydrogen) atoms. The Bertz CT molecular complexity index is 462. The maximum absolute atomic E-state index is 12.1. The molecule has 0 aromatic heterocycles. The van der Waals surface area contributed by atoms with Crippen molar-refractivity contribution < 1.29 is 9.59 Å². The zero-order valence-corrected chi connectivity index (χ0v) is 11.1. The van der Waals surface area contributed by atoms with Crippen LogP contribution in [0.25, 0.3) is 0 Å². The van der Waals surface area contributed by atoms with E-state index in [1.165, 1.54) is 4.90 Å². The number of rotatable bonds is 3. The Morgan fingerprint density at radius 3 is 2.65 bits per heavy atom. The fourth-order valence-electron chi connectivity index (χ4n) is 1.86. The monoisotopic (exact) mass is 296 g/mol. The third-order valence-corrected chi connectivity index (χ3v) is 3.29. The van der Waals surface area contributed by atoms with E-state index in [-0.39, 0.29) is 18.5 Å². The smallest absolute Gasteiger partial charge is 0.315 e. The molecule has 2 rings (SSSR count). The van der Waals surface area contributed by atoms with Gasteiger partial charge in [-0.1, -0.05) is 19.1 Å². The molecule has 1 aromatic rings. The van der Waals surface area contributed by atoms with Crippen molar-refractivity contribution in [3.05, 3.63) is 28.7 Å². The Morgan fingerprint density at radius 1 is 1.29 bits per heavy atom. The van der Waals surface area contributed by atoms with E-state index in [0.717, 1.165) is 10.9 Å². The fraction of sp³-hybridized carbons (Fsp3) is 0.333. The zero-order valence-electron chi connectivity index (χ0n) is 9.52. The van der Waals surface area contributed by atoms with E-state index in [0.29, 0.717) is 12.2 Å². The van der Waals surface area contributed by atoms with Gasteiger partial charge in [0.25, 0.3) is 5.91 Å². The number of anilines is 1. The van der Waals surface area contributed by atoms with Crippen LogP contribution in [0, 0.1) is 0 Å². The molecule has 0 spiro atoms. The van der Waals surface area contributed by atoms with Crippen molar-refractivity contribution in [2.75, 3.05) is 18.0 Å². The van der Waals surface area contributed by atoms with E-state index in [9.17, 15) is 9.59 Å². The number of amides is 3. The summed E-state index contributed by atoms with van der Waals surface area (Å²) in [5.41, 5.74) is 0.612. The average molecular weight is 297 g/mol. The molecule has 1 saturated heterocycles. The van der Waals surface area contributed by atoms with Gasteiger partial charge in [-0.05, 0) is 34.5 Å². The van der Waals surface area contributed by atoms with Gasteiger partial charge in [0.1, 0.15) is 6.54 Å². The van der Waals surface area contributed by atoms with Crippen LogP contribution >= 0.6 is 15.9 Å². The van der Waals surface area contributed by atoms with E-state index in [1.54, 1.807) is 11.0 Å². The van der Waals surface area contributed by atoms with Crippen molar-refractivity contribution in [1.82, 2.24) is 4.90 Å². The van der Waals surface area contributed by atoms with Crippen LogP contribution < -0.4 is 4.90 Å². The minimum atomic E-state index is -0.233. The predicted molar refractivity (Wildman–Crippen MR) is 68.9 cm³/mol. The molecule has 5 heteroatoms. The van der Waals surface area contributed by atoms with Gasteiger partial charge in [0.15, 0.2) is 0 Å². The number of halogens is 1. The molecule has 1 heterocycles. The predicted octanol–water partition coefficient (Wildman–Crippen LogP) is 2.63. The Morgan fingerprint density at radius 2 is 2.00 bits per heavy atom. The van der Waals surface area contributed by atoms with Crippen LogP contribution in [0.3, 0.4) is 0 Å². The van der Waals surface area contributed by atoms with Gasteiger partial charge in [0.05, 0.1) is 5.69 Å². The third-order valence-electron chi connectivity index (χ3n) is 2.62. The molecule has 1 fully saturated rings. The quantitative estimate of drug-likeness (QED) is 0.805. The second-order valence-corrected chi connectivity index (χ2v) is 4.74. The maximum Gasteiger partial charge on any atom is 0.331 e. The van der Waals surface area contributed by atoms with Crippen LogP contribution in [-0.4, -0.2) is 29.9 Å². The Labute approximate surface area is 108 Å². The van der Waals surface area contributed by atoms with Gasteiger partial charge in [-0.2, -0.15) is 0 Å². The number of hydrogen-bond donors (Lipinski definition) is 0. The van der Waals surface area contributed by atoms with Crippen LogP contribution in [0.4, 0.5) is 10.5 Å². The van der Waals surface area contributed by atoms with Gasteiger partial charge in [0, 0.05) is 11.0 Å². The lowest BCUT2D eigenvalue weighted by atomic mass is 10.3. The van der Waals surface area contributed by atoms with Crippen LogP contribution in [0.1, 0.15) is 13.3 Å². The second kappa shape index (κ2) is 4.87. The first-order valence-electron chi connectivity index (χ1n) is 5.51. The molecule has 0 aliphatic carbocycles. The van der Waals surface area contributed by atoms with Crippen molar-refractivity contribution in [2.45, 2.75) is 13.3 Å². The summed E-state index contributed by atoms with van der Waals surface area (Å²) in [4.78, 5) is 26.7. The molecule has 1 aromatic carbocycles. The number of hydrogen-bond acceptors (Lipinski definition) is 2. The lowest BCUT2D eigenvalue weighted by molar-refractivity contribution is -0.116. The fourth-order valence-corrected chi connectivity index (χ4v) is 2.33. The average Bonchev–Trinajstić information content (AvgIpc) is 2.57. The number of carbonyl (C=O) groups excluding carboxylic acids is 2. The van der Waals surface area contributed by atoms with Crippen LogP contribution in [0.5, 0.6) is 0 Å². The molecule has 0 radical (unpaired) electrons. The number of imide groups is 1. The first-order valence-corrected chi connectivity index (χ1v) is 6.31. The molecule has 1 aliphatic heterocycles. The van der Waals surface area contributed by atoms with Gasteiger partial charge >= 0.3 is 6.03 Å². The van der Waals surface area contributed by atoms with Crippen molar-refractivity contribution in [1.29, 1.82) is 0 Å². The van der Waals surface area contributed by atoms with Crippen molar-refractivity contribution >= 4 is 33.6 Å². The normalized spacial score (nSPS) is 15.9. The molecule has 1 aliphatic rings. The van der Waals surface area contributed by atoms with E-state index >= 15 is 0 Å². The summed E-state index contributed by atoms with van der Waals surface area (Å²) in [7, 11) is 0. The highest BCUT2D eigenvalue weighted by Gasteiger charge is 2.37. The molecule has 0 atom stereocenters. The lowest BCUT2D eigenvalue weighted by Crippen LogP contribution is -2.33. The van der Waals surface area contributed by atoms with Crippen LogP contribution in [0.15, 0.2) is 28.7 Å². The first-order chi connectivity index (χ1) is 8.15. The van der Waals surface area contributed by atoms with Gasteiger partial charge < -0.3 is 4.90 Å². The highest BCUT2D eigenvalue weighted by atomic mass is 79.9. The summed E-state index contributed by atoms with van der Waals surface area (Å²) in [5.74, 6) is -0.171. The molecule has 0 unspecified atom stereocenters. The zero-order chi connectivity index (χ0) is 12.4. The summed E-state index contributed by atoms with van der Waals surface area (Å²) < 4.78 is 0.750. The molecule has 0 saturated carbocycles. The highest BCUT2D eigenvalue weighted by molar-refractivity contribution is 9.10. The van der Waals surface area contributed by atoms with Crippen LogP contribution in [0.2, 0.25) is 0 Å². The van der Waals surface area contributed by atoms with E-state index in [2.05, 4.69) is 15.9 Å². The molecule has 3 amide bonds. The number of urea groups is 1. The third kappa shape index (κ3) is 2.20. The molecule has 90 valence electrons. The summed E-state index contributed by atoms with van der Waals surface area (Å²) in [6.45, 7) is 2.78. The molecular formula is C12H13BrN2O2. The summed E-state index contributed by atoms with van der Waals surface area (Å²) in [6, 6.07) is 7.00. The Balaban J connectivity index is 2.31. The van der Waals surface area contributed by atoms with E-state index in [1.807, 2.05) is 25.1 Å². The van der Waals surface area contributed by atoms with Gasteiger partial charge in [-0.3, -0.25) is 4.79 Å². The van der Waals surface area contributed by atoms with Crippen LogP contribution in [-0.2, 0) is 4.79 Å². The van der Waals surface area contributed by atoms with Gasteiger partial charge in [-0.15, -0.1) is 0 Å². The summed E-state index contributed by atoms with van der Waals surface area (Å²) >= 11 is 3.36. The van der Waals surface area contributed by atoms with E-state index in [4.69, 9.17) is 0 Å². The molecule has 4 nitrogen and oxygen atoms in total. The number of nitrogens with zero attached hydrogens (tertiary/aromatic N) is 2. The van der Waals surface area contributed by atoms with Crippen molar-refractivity contribution in [3.63, 3.8) is 0 Å². The van der Waals surface area contributed by atoms with Crippen molar-refractivity contribution in [3.8, 4) is 0 Å². The highest BCUT2D eigenvalue weighted by Crippen LogP contribution is 2.29. The first kappa shape index (κ1) is 12.1. The van der Waals surface area contributed by atoms with Gasteiger partial charge in [0.2, 0.25) is 0 Å². The topological polar surface area (TPSA) is 40.6 Å². The number of benzene rings is 1. The number of carbonyl (C=O) groups is 2. The van der Waals surface area contributed by atoms with Gasteiger partial charge in [-0.25, -0.2) is 9.69 Å².